The van der Waals surface area contributed by atoms with Gasteiger partial charge in [-0.25, -0.2) is 0 Å². The Morgan fingerprint density at radius 3 is 1.11 bits per heavy atom. The van der Waals surface area contributed by atoms with Crippen LogP contribution in [-0.4, -0.2) is 6.54 Å². The van der Waals surface area contributed by atoms with Crippen LogP contribution >= 0.6 is 12.4 Å². The summed E-state index contributed by atoms with van der Waals surface area (Å²) < 4.78 is 0. The predicted octanol–water partition coefficient (Wildman–Crippen LogP) is 8.63. The number of nitrogens with two attached hydrogens (primary N) is 1. The molecule has 0 atom stereocenters. The third-order valence-corrected chi connectivity index (χ3v) is 5.76. The van der Waals surface area contributed by atoms with Gasteiger partial charge in [-0.05, 0) is 31.4 Å². The number of rotatable bonds is 20. The van der Waals surface area contributed by atoms with Crippen molar-refractivity contribution in [2.45, 2.75) is 122 Å². The maximum atomic E-state index is 5.52. The molecular weight excluding hydrogens is 362 g/mol. The molecule has 0 aromatic heterocycles. The van der Waals surface area contributed by atoms with E-state index in [1.807, 2.05) is 0 Å². The van der Waals surface area contributed by atoms with Crippen LogP contribution in [0.2, 0.25) is 0 Å². The average Bonchev–Trinajstić information content (AvgIpc) is 2.70. The zero-order valence-electron chi connectivity index (χ0n) is 18.5. The summed E-state index contributed by atoms with van der Waals surface area (Å²) in [4.78, 5) is 0. The fourth-order valence-electron chi connectivity index (χ4n) is 3.95. The Hall–Kier alpha value is -0.530. The van der Waals surface area contributed by atoms with Gasteiger partial charge >= 0.3 is 0 Å². The molecule has 0 bridgehead atoms. The lowest BCUT2D eigenvalue weighted by atomic mass is 10.0. The molecule has 0 aliphatic rings. The van der Waals surface area contributed by atoms with Crippen LogP contribution in [0.15, 0.2) is 30.3 Å². The van der Waals surface area contributed by atoms with Crippen molar-refractivity contribution >= 4 is 12.4 Å². The van der Waals surface area contributed by atoms with E-state index in [0.717, 1.165) is 6.54 Å². The molecule has 0 saturated carbocycles. The number of benzene rings is 1. The monoisotopic (exact) mass is 409 g/mol. The second kappa shape index (κ2) is 22.8. The van der Waals surface area contributed by atoms with Gasteiger partial charge in [-0.2, -0.15) is 0 Å². The average molecular weight is 410 g/mol. The van der Waals surface area contributed by atoms with Crippen molar-refractivity contribution in [2.24, 2.45) is 5.73 Å². The summed E-state index contributed by atoms with van der Waals surface area (Å²) >= 11 is 0. The predicted molar refractivity (Wildman–Crippen MR) is 130 cm³/mol. The molecule has 1 aromatic rings. The summed E-state index contributed by atoms with van der Waals surface area (Å²) in [6, 6.07) is 10.9. The lowest BCUT2D eigenvalue weighted by Crippen LogP contribution is -1.97. The number of halogens is 1. The summed E-state index contributed by atoms with van der Waals surface area (Å²) in [6.45, 7) is 0.870. The van der Waals surface area contributed by atoms with E-state index in [2.05, 4.69) is 30.3 Å². The van der Waals surface area contributed by atoms with E-state index in [1.165, 1.54) is 128 Å². The minimum absolute atomic E-state index is 0. The van der Waals surface area contributed by atoms with Crippen molar-refractivity contribution in [3.63, 3.8) is 0 Å². The van der Waals surface area contributed by atoms with E-state index in [4.69, 9.17) is 5.73 Å². The summed E-state index contributed by atoms with van der Waals surface area (Å²) in [6.07, 6.45) is 26.9. The van der Waals surface area contributed by atoms with Crippen LogP contribution in [0.4, 0.5) is 0 Å². The van der Waals surface area contributed by atoms with Crippen molar-refractivity contribution in [2.75, 3.05) is 6.54 Å². The van der Waals surface area contributed by atoms with E-state index in [1.54, 1.807) is 0 Å². The molecule has 0 aliphatic carbocycles. The van der Waals surface area contributed by atoms with Crippen LogP contribution < -0.4 is 5.73 Å². The highest BCUT2D eigenvalue weighted by molar-refractivity contribution is 5.85. The molecular formula is C26H48ClN. The van der Waals surface area contributed by atoms with Crippen LogP contribution in [0.3, 0.4) is 0 Å². The van der Waals surface area contributed by atoms with Gasteiger partial charge in [-0.1, -0.05) is 133 Å². The van der Waals surface area contributed by atoms with Crippen LogP contribution in [0.25, 0.3) is 0 Å². The highest BCUT2D eigenvalue weighted by Gasteiger charge is 1.96. The van der Waals surface area contributed by atoms with E-state index in [9.17, 15) is 0 Å². The van der Waals surface area contributed by atoms with Gasteiger partial charge in [-0.3, -0.25) is 0 Å². The van der Waals surface area contributed by atoms with Crippen LogP contribution in [0, 0.1) is 0 Å². The van der Waals surface area contributed by atoms with Crippen molar-refractivity contribution < 1.29 is 0 Å². The Bertz CT molecular complexity index is 393. The van der Waals surface area contributed by atoms with Crippen LogP contribution in [-0.2, 0) is 6.42 Å². The van der Waals surface area contributed by atoms with Crippen molar-refractivity contribution in [1.82, 2.24) is 0 Å². The van der Waals surface area contributed by atoms with E-state index < -0.39 is 0 Å². The quantitative estimate of drug-likeness (QED) is 0.214. The van der Waals surface area contributed by atoms with Crippen LogP contribution in [0.5, 0.6) is 0 Å². The standard InChI is InChI=1S/C26H47N.ClH/c27-25-21-16-14-12-10-8-6-4-2-1-3-5-7-9-11-13-15-18-22-26-23-19-17-20-24-26;/h17,19-20,23-24H,1-16,18,21-22,25,27H2;1H. The van der Waals surface area contributed by atoms with Crippen molar-refractivity contribution in [3.05, 3.63) is 35.9 Å². The lowest BCUT2D eigenvalue weighted by molar-refractivity contribution is 0.524. The zero-order valence-corrected chi connectivity index (χ0v) is 19.3. The van der Waals surface area contributed by atoms with Gasteiger partial charge < -0.3 is 5.73 Å². The van der Waals surface area contributed by atoms with E-state index in [-0.39, 0.29) is 12.4 Å². The third-order valence-electron chi connectivity index (χ3n) is 5.76. The highest BCUT2D eigenvalue weighted by atomic mass is 35.5. The number of unbranched alkanes of at least 4 members (excludes halogenated alkanes) is 17. The third kappa shape index (κ3) is 18.8. The highest BCUT2D eigenvalue weighted by Crippen LogP contribution is 2.14. The van der Waals surface area contributed by atoms with Crippen molar-refractivity contribution in [3.8, 4) is 0 Å². The molecule has 28 heavy (non-hydrogen) atoms. The molecule has 1 rings (SSSR count). The Morgan fingerprint density at radius 2 is 0.750 bits per heavy atom. The first-order valence-corrected chi connectivity index (χ1v) is 12.2. The summed E-state index contributed by atoms with van der Waals surface area (Å²) in [5, 5.41) is 0. The SMILES string of the molecule is Cl.NCCCCCCCCCCCCCCCCCCCCc1ccccc1. The van der Waals surface area contributed by atoms with Crippen LogP contribution in [0.1, 0.15) is 121 Å². The molecule has 0 aliphatic heterocycles. The smallest absolute Gasteiger partial charge is 0.00773 e. The largest absolute Gasteiger partial charge is 0.330 e. The minimum Gasteiger partial charge on any atom is -0.330 e. The molecule has 0 saturated heterocycles. The maximum absolute atomic E-state index is 5.52. The van der Waals surface area contributed by atoms with Gasteiger partial charge in [0.15, 0.2) is 0 Å². The maximum Gasteiger partial charge on any atom is -0.00773 e. The molecule has 0 fully saturated rings. The summed E-state index contributed by atoms with van der Waals surface area (Å²) in [5.74, 6) is 0. The molecule has 0 spiro atoms. The molecule has 1 nitrogen and oxygen atoms in total. The normalized spacial score (nSPS) is 10.8. The van der Waals surface area contributed by atoms with Gasteiger partial charge in [0.2, 0.25) is 0 Å². The number of hydrogen-bond acceptors (Lipinski definition) is 1. The Balaban J connectivity index is 0.00000729. The Labute approximate surface area is 182 Å². The molecule has 0 heterocycles. The topological polar surface area (TPSA) is 26.0 Å². The van der Waals surface area contributed by atoms with Gasteiger partial charge in [0, 0.05) is 0 Å². The van der Waals surface area contributed by atoms with Gasteiger partial charge in [0.25, 0.3) is 0 Å². The number of hydrogen-bond donors (Lipinski definition) is 1. The second-order valence-corrected chi connectivity index (χ2v) is 8.39. The summed E-state index contributed by atoms with van der Waals surface area (Å²) in [7, 11) is 0. The molecule has 1 aromatic carbocycles. The lowest BCUT2D eigenvalue weighted by Gasteiger charge is -2.04. The minimum atomic E-state index is 0. The molecule has 2 heteroatoms. The van der Waals surface area contributed by atoms with Gasteiger partial charge in [-0.15, -0.1) is 12.4 Å². The molecule has 0 radical (unpaired) electrons. The zero-order chi connectivity index (χ0) is 19.3. The molecule has 2 N–H and O–H groups in total. The first kappa shape index (κ1) is 27.5. The first-order valence-electron chi connectivity index (χ1n) is 12.2. The fourth-order valence-corrected chi connectivity index (χ4v) is 3.95. The number of aryl methyl sites for hydroxylation is 1. The van der Waals surface area contributed by atoms with E-state index >= 15 is 0 Å². The summed E-state index contributed by atoms with van der Waals surface area (Å²) in [5.41, 5.74) is 7.02. The van der Waals surface area contributed by atoms with E-state index in [0.29, 0.717) is 0 Å². The molecule has 0 amide bonds. The molecule has 0 unspecified atom stereocenters. The Morgan fingerprint density at radius 1 is 0.429 bits per heavy atom. The first-order chi connectivity index (χ1) is 13.4. The van der Waals surface area contributed by atoms with Gasteiger partial charge in [0.1, 0.15) is 0 Å². The second-order valence-electron chi connectivity index (χ2n) is 8.39. The Kier molecular flexibility index (Phi) is 22.3. The fraction of sp³-hybridized carbons (Fsp3) is 0.769. The molecule has 164 valence electrons. The van der Waals surface area contributed by atoms with Gasteiger partial charge in [0.05, 0.1) is 0 Å². The van der Waals surface area contributed by atoms with Crippen molar-refractivity contribution in [1.29, 1.82) is 0 Å².